The zero-order valence-electron chi connectivity index (χ0n) is 10.2. The van der Waals surface area contributed by atoms with Gasteiger partial charge in [0.15, 0.2) is 5.82 Å². The summed E-state index contributed by atoms with van der Waals surface area (Å²) in [5, 5.41) is 0.112. The molecule has 0 bridgehead atoms. The van der Waals surface area contributed by atoms with Gasteiger partial charge < -0.3 is 4.74 Å². The van der Waals surface area contributed by atoms with Gasteiger partial charge in [-0.3, -0.25) is 0 Å². The molecule has 20 heavy (non-hydrogen) atoms. The van der Waals surface area contributed by atoms with Crippen LogP contribution in [-0.2, 0) is 0 Å². The largest absolute Gasteiger partial charge is 0.477 e. The Kier molecular flexibility index (Phi) is 4.44. The second kappa shape index (κ2) is 6.09. The Hall–Kier alpha value is -1.82. The van der Waals surface area contributed by atoms with E-state index in [0.717, 1.165) is 0 Å². The second-order valence-electron chi connectivity index (χ2n) is 3.93. The third-order valence-corrected chi connectivity index (χ3v) is 2.53. The molecule has 0 radical (unpaired) electrons. The molecule has 0 saturated heterocycles. The summed E-state index contributed by atoms with van der Waals surface area (Å²) in [5.41, 5.74) is 0.704. The first-order valence-electron chi connectivity index (χ1n) is 5.73. The number of ether oxygens (including phenoxy) is 1. The number of hydrogen-bond acceptors (Lipinski definition) is 3. The summed E-state index contributed by atoms with van der Waals surface area (Å²) in [5.74, 6) is 0.327. The highest BCUT2D eigenvalue weighted by molar-refractivity contribution is 6.29. The number of alkyl halides is 3. The van der Waals surface area contributed by atoms with E-state index in [9.17, 15) is 13.2 Å². The fourth-order valence-electron chi connectivity index (χ4n) is 1.46. The van der Waals surface area contributed by atoms with Crippen molar-refractivity contribution in [3.8, 4) is 17.3 Å². The Labute approximate surface area is 118 Å². The molecule has 2 rings (SSSR count). The quantitative estimate of drug-likeness (QED) is 0.797. The molecule has 0 amide bonds. The van der Waals surface area contributed by atoms with Gasteiger partial charge >= 0.3 is 6.18 Å². The highest BCUT2D eigenvalue weighted by atomic mass is 35.5. The van der Waals surface area contributed by atoms with E-state index in [1.165, 1.54) is 6.07 Å². The fourth-order valence-corrected chi connectivity index (χ4v) is 1.63. The number of hydrogen-bond donors (Lipinski definition) is 0. The minimum atomic E-state index is -4.26. The summed E-state index contributed by atoms with van der Waals surface area (Å²) >= 11 is 5.82. The minimum Gasteiger partial charge on any atom is -0.477 e. The Balaban J connectivity index is 2.13. The van der Waals surface area contributed by atoms with Gasteiger partial charge in [-0.2, -0.15) is 18.2 Å². The van der Waals surface area contributed by atoms with E-state index in [1.54, 1.807) is 24.3 Å². The topological polar surface area (TPSA) is 35.0 Å². The molecular weight excluding hydrogens is 293 g/mol. The van der Waals surface area contributed by atoms with E-state index in [4.69, 9.17) is 16.3 Å². The van der Waals surface area contributed by atoms with Crippen molar-refractivity contribution < 1.29 is 17.9 Å². The lowest BCUT2D eigenvalue weighted by atomic mass is 10.2. The number of benzene rings is 1. The van der Waals surface area contributed by atoms with E-state index in [0.29, 0.717) is 11.4 Å². The van der Waals surface area contributed by atoms with Crippen LogP contribution in [-0.4, -0.2) is 22.8 Å². The molecule has 0 fully saturated rings. The van der Waals surface area contributed by atoms with Crippen molar-refractivity contribution >= 4 is 11.6 Å². The molecule has 1 heterocycles. The maximum absolute atomic E-state index is 12.0. The van der Waals surface area contributed by atoms with Gasteiger partial charge in [0.2, 0.25) is 5.88 Å². The average molecular weight is 303 g/mol. The van der Waals surface area contributed by atoms with Crippen molar-refractivity contribution in [2.75, 3.05) is 6.61 Å². The third-order valence-electron chi connectivity index (χ3n) is 2.34. The highest BCUT2D eigenvalue weighted by Gasteiger charge is 2.27. The molecule has 7 heteroatoms. The smallest absolute Gasteiger partial charge is 0.392 e. The summed E-state index contributed by atoms with van der Waals surface area (Å²) in [6.07, 6.45) is -5.31. The fraction of sp³-hybridized carbons (Fsp3) is 0.231. The van der Waals surface area contributed by atoms with Crippen LogP contribution in [0.2, 0.25) is 5.15 Å². The highest BCUT2D eigenvalue weighted by Crippen LogP contribution is 2.23. The van der Waals surface area contributed by atoms with E-state index in [-0.39, 0.29) is 11.0 Å². The molecule has 0 spiro atoms. The molecule has 0 N–H and O–H groups in total. The number of halogens is 4. The SMILES string of the molecule is FC(F)(F)CCOc1cc(Cl)nc(-c2ccccc2)n1. The molecule has 0 aliphatic rings. The van der Waals surface area contributed by atoms with Crippen molar-refractivity contribution in [2.45, 2.75) is 12.6 Å². The molecule has 3 nitrogen and oxygen atoms in total. The van der Waals surface area contributed by atoms with E-state index in [1.807, 2.05) is 6.07 Å². The first-order chi connectivity index (χ1) is 9.44. The predicted molar refractivity (Wildman–Crippen MR) is 68.6 cm³/mol. The van der Waals surface area contributed by atoms with Crippen molar-refractivity contribution in [1.82, 2.24) is 9.97 Å². The maximum Gasteiger partial charge on any atom is 0.392 e. The molecule has 1 aromatic heterocycles. The Morgan fingerprint density at radius 3 is 2.45 bits per heavy atom. The molecule has 0 saturated carbocycles. The van der Waals surface area contributed by atoms with Crippen molar-refractivity contribution in [2.24, 2.45) is 0 Å². The van der Waals surface area contributed by atoms with Crippen molar-refractivity contribution in [3.05, 3.63) is 41.6 Å². The number of rotatable bonds is 4. The van der Waals surface area contributed by atoms with Crippen LogP contribution in [0.1, 0.15) is 6.42 Å². The molecular formula is C13H10ClF3N2O. The van der Waals surface area contributed by atoms with Crippen LogP contribution in [0.4, 0.5) is 13.2 Å². The van der Waals surface area contributed by atoms with Gasteiger partial charge in [-0.1, -0.05) is 41.9 Å². The monoisotopic (exact) mass is 302 g/mol. The average Bonchev–Trinajstić information content (AvgIpc) is 2.37. The summed E-state index contributed by atoms with van der Waals surface area (Å²) in [4.78, 5) is 8.05. The van der Waals surface area contributed by atoms with Crippen molar-refractivity contribution in [3.63, 3.8) is 0 Å². The van der Waals surface area contributed by atoms with Gasteiger partial charge in [0, 0.05) is 11.6 Å². The number of nitrogens with zero attached hydrogens (tertiary/aromatic N) is 2. The van der Waals surface area contributed by atoms with Crippen LogP contribution in [0, 0.1) is 0 Å². The minimum absolute atomic E-state index is 0.0214. The molecule has 0 unspecified atom stereocenters. The van der Waals surface area contributed by atoms with Crippen LogP contribution in [0.3, 0.4) is 0 Å². The van der Waals surface area contributed by atoms with Crippen LogP contribution < -0.4 is 4.74 Å². The van der Waals surface area contributed by atoms with Crippen LogP contribution in [0.15, 0.2) is 36.4 Å². The van der Waals surface area contributed by atoms with Crippen LogP contribution in [0.25, 0.3) is 11.4 Å². The summed E-state index contributed by atoms with van der Waals surface area (Å²) in [6.45, 7) is -0.509. The van der Waals surface area contributed by atoms with E-state index >= 15 is 0 Å². The van der Waals surface area contributed by atoms with Gasteiger partial charge in [0.05, 0.1) is 13.0 Å². The molecule has 106 valence electrons. The summed E-state index contributed by atoms with van der Waals surface area (Å²) in [7, 11) is 0. The zero-order chi connectivity index (χ0) is 14.6. The molecule has 0 aliphatic heterocycles. The van der Waals surface area contributed by atoms with Gasteiger partial charge in [0.25, 0.3) is 0 Å². The molecule has 0 atom stereocenters. The molecule has 2 aromatic rings. The third kappa shape index (κ3) is 4.38. The number of aromatic nitrogens is 2. The molecule has 1 aromatic carbocycles. The van der Waals surface area contributed by atoms with E-state index in [2.05, 4.69) is 9.97 Å². The Morgan fingerprint density at radius 1 is 1.10 bits per heavy atom. The lowest BCUT2D eigenvalue weighted by Gasteiger charge is -2.09. The first kappa shape index (κ1) is 14.6. The predicted octanol–water partition coefficient (Wildman–Crippen LogP) is 4.13. The normalized spacial score (nSPS) is 11.4. The standard InChI is InChI=1S/C13H10ClF3N2O/c14-10-8-11(20-7-6-13(15,16)17)19-12(18-10)9-4-2-1-3-5-9/h1-5,8H,6-7H2. The van der Waals surface area contributed by atoms with E-state index < -0.39 is 19.2 Å². The first-order valence-corrected chi connectivity index (χ1v) is 6.11. The zero-order valence-corrected chi connectivity index (χ0v) is 10.9. The van der Waals surface area contributed by atoms with Gasteiger partial charge in [-0.05, 0) is 0 Å². The Bertz CT molecular complexity index is 576. The van der Waals surface area contributed by atoms with Gasteiger partial charge in [-0.15, -0.1) is 0 Å². The maximum atomic E-state index is 12.0. The van der Waals surface area contributed by atoms with Crippen molar-refractivity contribution in [1.29, 1.82) is 0 Å². The Morgan fingerprint density at radius 2 is 1.80 bits per heavy atom. The van der Waals surface area contributed by atoms with Crippen LogP contribution >= 0.6 is 11.6 Å². The lowest BCUT2D eigenvalue weighted by Crippen LogP contribution is -2.13. The van der Waals surface area contributed by atoms with Gasteiger partial charge in [0.1, 0.15) is 5.15 Å². The summed E-state index contributed by atoms with van der Waals surface area (Å²) in [6, 6.07) is 10.2. The molecule has 0 aliphatic carbocycles. The summed E-state index contributed by atoms with van der Waals surface area (Å²) < 4.78 is 41.1. The lowest BCUT2D eigenvalue weighted by molar-refractivity contribution is -0.139. The van der Waals surface area contributed by atoms with Gasteiger partial charge in [-0.25, -0.2) is 4.98 Å². The van der Waals surface area contributed by atoms with Crippen LogP contribution in [0.5, 0.6) is 5.88 Å². The second-order valence-corrected chi connectivity index (χ2v) is 4.32.